The highest BCUT2D eigenvalue weighted by Gasteiger charge is 2.55. The van der Waals surface area contributed by atoms with Crippen LogP contribution < -0.4 is 5.32 Å². The monoisotopic (exact) mass is 192 g/mol. The number of nitrogens with zero attached hydrogens (tertiary/aromatic N) is 1. The summed E-state index contributed by atoms with van der Waals surface area (Å²) in [4.78, 5) is 4.57. The lowest BCUT2D eigenvalue weighted by molar-refractivity contribution is 0.494. The third-order valence-corrected chi connectivity index (χ3v) is 4.25. The molecule has 14 heavy (non-hydrogen) atoms. The van der Waals surface area contributed by atoms with Gasteiger partial charge in [-0.3, -0.25) is 4.99 Å². The Bertz CT molecular complexity index is 251. The minimum atomic E-state index is 0.722. The van der Waals surface area contributed by atoms with Crippen LogP contribution in [0.25, 0.3) is 0 Å². The molecule has 2 nitrogen and oxygen atoms in total. The fourth-order valence-electron chi connectivity index (χ4n) is 3.20. The topological polar surface area (TPSA) is 24.4 Å². The van der Waals surface area contributed by atoms with E-state index in [1.165, 1.54) is 57.2 Å². The van der Waals surface area contributed by atoms with Crippen molar-refractivity contribution in [1.29, 1.82) is 0 Å². The molecule has 0 aromatic heterocycles. The fraction of sp³-hybridized carbons (Fsp3) is 0.917. The van der Waals surface area contributed by atoms with Gasteiger partial charge < -0.3 is 5.32 Å². The number of aliphatic imine (C=N–C) groups is 1. The third-order valence-electron chi connectivity index (χ3n) is 4.25. The van der Waals surface area contributed by atoms with Crippen LogP contribution in [-0.2, 0) is 0 Å². The van der Waals surface area contributed by atoms with E-state index in [0.717, 1.165) is 18.0 Å². The average Bonchev–Trinajstić information content (AvgIpc) is 2.67. The predicted molar refractivity (Wildman–Crippen MR) is 58.6 cm³/mol. The van der Waals surface area contributed by atoms with E-state index in [0.29, 0.717) is 0 Å². The summed E-state index contributed by atoms with van der Waals surface area (Å²) < 4.78 is 0. The Morgan fingerprint density at radius 2 is 2.00 bits per heavy atom. The molecule has 1 heterocycles. The molecule has 1 spiro atoms. The van der Waals surface area contributed by atoms with Gasteiger partial charge >= 0.3 is 0 Å². The molecule has 0 aromatic carbocycles. The molecule has 2 saturated carbocycles. The highest BCUT2D eigenvalue weighted by Crippen LogP contribution is 2.57. The molecule has 1 unspecified atom stereocenters. The summed E-state index contributed by atoms with van der Waals surface area (Å²) in [5, 5.41) is 3.68. The van der Waals surface area contributed by atoms with Gasteiger partial charge in [-0.2, -0.15) is 0 Å². The van der Waals surface area contributed by atoms with Gasteiger partial charge in [0.2, 0.25) is 0 Å². The Morgan fingerprint density at radius 3 is 2.71 bits per heavy atom. The molecule has 1 atom stereocenters. The Morgan fingerprint density at radius 1 is 1.14 bits per heavy atom. The maximum Gasteiger partial charge on any atom is 0.0965 e. The number of rotatable bonds is 1. The Kier molecular flexibility index (Phi) is 2.03. The zero-order valence-electron chi connectivity index (χ0n) is 8.89. The minimum Gasteiger partial charge on any atom is -0.371 e. The molecule has 3 aliphatic rings. The first-order valence-electron chi connectivity index (χ1n) is 6.19. The lowest BCUT2D eigenvalue weighted by Gasteiger charge is -2.16. The van der Waals surface area contributed by atoms with Crippen molar-refractivity contribution in [3.63, 3.8) is 0 Å². The SMILES string of the molecule is C1CCC(NC2CC23CCCC3)=NC1. The van der Waals surface area contributed by atoms with E-state index >= 15 is 0 Å². The number of amidine groups is 1. The first-order valence-corrected chi connectivity index (χ1v) is 6.19. The van der Waals surface area contributed by atoms with E-state index in [1.54, 1.807) is 0 Å². The van der Waals surface area contributed by atoms with E-state index in [1.807, 2.05) is 0 Å². The molecular weight excluding hydrogens is 172 g/mol. The maximum absolute atomic E-state index is 4.57. The van der Waals surface area contributed by atoms with Crippen LogP contribution in [0.2, 0.25) is 0 Å². The highest BCUT2D eigenvalue weighted by atomic mass is 15.1. The zero-order chi connectivity index (χ0) is 9.43. The van der Waals surface area contributed by atoms with Crippen molar-refractivity contribution in [1.82, 2.24) is 5.32 Å². The molecule has 2 heteroatoms. The van der Waals surface area contributed by atoms with E-state index in [4.69, 9.17) is 0 Å². The first kappa shape index (κ1) is 8.75. The average molecular weight is 192 g/mol. The second-order valence-electron chi connectivity index (χ2n) is 5.26. The quantitative estimate of drug-likeness (QED) is 0.678. The summed E-state index contributed by atoms with van der Waals surface area (Å²) in [5.41, 5.74) is 0.722. The molecular formula is C12H20N2. The zero-order valence-corrected chi connectivity index (χ0v) is 8.89. The van der Waals surface area contributed by atoms with Crippen LogP contribution in [0.1, 0.15) is 51.4 Å². The predicted octanol–water partition coefficient (Wildman–Crippen LogP) is 2.49. The lowest BCUT2D eigenvalue weighted by atomic mass is 10.1. The van der Waals surface area contributed by atoms with Crippen LogP contribution in [-0.4, -0.2) is 18.4 Å². The van der Waals surface area contributed by atoms with Crippen LogP contribution in [0, 0.1) is 5.41 Å². The second-order valence-corrected chi connectivity index (χ2v) is 5.26. The van der Waals surface area contributed by atoms with Crippen LogP contribution in [0.3, 0.4) is 0 Å². The molecule has 0 bridgehead atoms. The summed E-state index contributed by atoms with van der Waals surface area (Å²) in [5.74, 6) is 1.31. The van der Waals surface area contributed by atoms with Gasteiger partial charge in [0.25, 0.3) is 0 Å². The van der Waals surface area contributed by atoms with Crippen molar-refractivity contribution in [2.45, 2.75) is 57.4 Å². The standard InChI is InChI=1S/C12H20N2/c1-4-8-13-11(5-1)14-10-9-12(10)6-2-3-7-12/h10H,1-9H2,(H,13,14). The maximum atomic E-state index is 4.57. The van der Waals surface area contributed by atoms with Gasteiger partial charge in [0, 0.05) is 19.0 Å². The summed E-state index contributed by atoms with van der Waals surface area (Å²) in [6.45, 7) is 1.06. The van der Waals surface area contributed by atoms with Crippen LogP contribution >= 0.6 is 0 Å². The van der Waals surface area contributed by atoms with Gasteiger partial charge in [0.1, 0.15) is 0 Å². The van der Waals surface area contributed by atoms with Crippen molar-refractivity contribution in [3.8, 4) is 0 Å². The molecule has 0 amide bonds. The summed E-state index contributed by atoms with van der Waals surface area (Å²) in [7, 11) is 0. The number of hydrogen-bond acceptors (Lipinski definition) is 2. The Labute approximate surface area is 86.2 Å². The van der Waals surface area contributed by atoms with E-state index < -0.39 is 0 Å². The van der Waals surface area contributed by atoms with Gasteiger partial charge in [-0.15, -0.1) is 0 Å². The minimum absolute atomic E-state index is 0.722. The molecule has 2 fully saturated rings. The Hall–Kier alpha value is -0.530. The van der Waals surface area contributed by atoms with Gasteiger partial charge in [0.05, 0.1) is 5.84 Å². The van der Waals surface area contributed by atoms with Crippen LogP contribution in [0.15, 0.2) is 4.99 Å². The van der Waals surface area contributed by atoms with Gasteiger partial charge in [0.15, 0.2) is 0 Å². The first-order chi connectivity index (χ1) is 6.89. The van der Waals surface area contributed by atoms with Crippen molar-refractivity contribution in [2.75, 3.05) is 6.54 Å². The molecule has 0 aromatic rings. The lowest BCUT2D eigenvalue weighted by Crippen LogP contribution is -2.30. The number of nitrogens with one attached hydrogen (secondary N) is 1. The van der Waals surface area contributed by atoms with Crippen molar-refractivity contribution < 1.29 is 0 Å². The normalized spacial score (nSPS) is 34.3. The van der Waals surface area contributed by atoms with Crippen LogP contribution in [0.5, 0.6) is 0 Å². The summed E-state index contributed by atoms with van der Waals surface area (Å²) in [6, 6.07) is 0.793. The van der Waals surface area contributed by atoms with Gasteiger partial charge in [-0.25, -0.2) is 0 Å². The van der Waals surface area contributed by atoms with Crippen LogP contribution in [0.4, 0.5) is 0 Å². The molecule has 2 aliphatic carbocycles. The van der Waals surface area contributed by atoms with Crippen molar-refractivity contribution in [3.05, 3.63) is 0 Å². The van der Waals surface area contributed by atoms with Crippen molar-refractivity contribution >= 4 is 5.84 Å². The molecule has 1 N–H and O–H groups in total. The smallest absolute Gasteiger partial charge is 0.0965 e. The molecule has 78 valence electrons. The van der Waals surface area contributed by atoms with Gasteiger partial charge in [-0.1, -0.05) is 12.8 Å². The molecule has 0 saturated heterocycles. The number of hydrogen-bond donors (Lipinski definition) is 1. The third kappa shape index (κ3) is 1.45. The highest BCUT2D eigenvalue weighted by molar-refractivity contribution is 5.83. The largest absolute Gasteiger partial charge is 0.371 e. The Balaban J connectivity index is 1.56. The summed E-state index contributed by atoms with van der Waals surface area (Å²) in [6.07, 6.45) is 11.1. The van der Waals surface area contributed by atoms with Gasteiger partial charge in [-0.05, 0) is 37.5 Å². The molecule has 0 radical (unpaired) electrons. The molecule has 3 rings (SSSR count). The fourth-order valence-corrected chi connectivity index (χ4v) is 3.20. The summed E-state index contributed by atoms with van der Waals surface area (Å²) >= 11 is 0. The van der Waals surface area contributed by atoms with E-state index in [2.05, 4.69) is 10.3 Å². The van der Waals surface area contributed by atoms with E-state index in [9.17, 15) is 0 Å². The van der Waals surface area contributed by atoms with Crippen molar-refractivity contribution in [2.24, 2.45) is 10.4 Å². The molecule has 1 aliphatic heterocycles. The van der Waals surface area contributed by atoms with E-state index in [-0.39, 0.29) is 0 Å². The second kappa shape index (κ2) is 3.25.